The molecule has 27 heavy (non-hydrogen) atoms. The molecule has 0 fully saturated rings. The van der Waals surface area contributed by atoms with Crippen LogP contribution in [0, 0.1) is 13.8 Å². The van der Waals surface area contributed by atoms with Crippen molar-refractivity contribution < 1.29 is 4.79 Å². The number of hydrazone groups is 1. The minimum absolute atomic E-state index is 0.0997. The van der Waals surface area contributed by atoms with Crippen LogP contribution in [-0.2, 0) is 6.42 Å². The molecule has 1 heterocycles. The molecule has 3 rings (SSSR count). The minimum atomic E-state index is -0.0997. The van der Waals surface area contributed by atoms with Crippen molar-refractivity contribution in [3.05, 3.63) is 52.6 Å². The lowest BCUT2D eigenvalue weighted by Crippen LogP contribution is -2.13. The van der Waals surface area contributed by atoms with E-state index in [0.29, 0.717) is 5.56 Å². The quantitative estimate of drug-likeness (QED) is 0.451. The molecule has 0 spiro atoms. The fraction of sp³-hybridized carbons (Fsp3) is 0.286. The molecular weight excluding hydrogens is 356 g/mol. The molecule has 1 aromatic heterocycles. The summed E-state index contributed by atoms with van der Waals surface area (Å²) in [6.07, 6.45) is 0.958. The average Bonchev–Trinajstić information content (AvgIpc) is 3.06. The molecule has 0 unspecified atom stereocenters. The smallest absolute Gasteiger partial charge is 0.255 e. The second kappa shape index (κ2) is 7.88. The van der Waals surface area contributed by atoms with Crippen LogP contribution in [-0.4, -0.2) is 16.6 Å². The van der Waals surface area contributed by atoms with Crippen LogP contribution in [0.3, 0.4) is 0 Å². The summed E-state index contributed by atoms with van der Waals surface area (Å²) in [6, 6.07) is 9.74. The maximum absolute atomic E-state index is 12.7. The largest absolute Gasteiger partial charge is 0.321 e. The number of carbonyl (C=O) groups is 1. The molecule has 0 bridgehead atoms. The molecule has 0 aliphatic rings. The van der Waals surface area contributed by atoms with Gasteiger partial charge in [0.05, 0.1) is 10.2 Å². The number of hydrogen-bond donors (Lipinski definition) is 2. The summed E-state index contributed by atoms with van der Waals surface area (Å²) in [5, 5.41) is 8.03. The number of aromatic nitrogens is 1. The van der Waals surface area contributed by atoms with E-state index in [-0.39, 0.29) is 5.91 Å². The highest BCUT2D eigenvalue weighted by Gasteiger charge is 2.15. The normalized spacial score (nSPS) is 10.7. The molecule has 140 valence electrons. The zero-order valence-corrected chi connectivity index (χ0v) is 17.1. The van der Waals surface area contributed by atoms with Crippen LogP contribution < -0.4 is 10.7 Å². The standard InChI is InChI=1S/C21H24N4OS/c1-6-15-7-9-16(10-8-15)20(26)23-18-13(4)11-17-19(14(18)5)27-21(22-17)25-24-12(2)3/h7-11H,6H2,1-5H3,(H,22,25)(H,23,26). The third-order valence-electron chi connectivity index (χ3n) is 4.35. The SMILES string of the molecule is CCc1ccc(C(=O)Nc2c(C)cc3nc(NN=C(C)C)sc3c2C)cc1. The summed E-state index contributed by atoms with van der Waals surface area (Å²) in [4.78, 5) is 17.3. The second-order valence-corrected chi connectivity index (χ2v) is 7.74. The monoisotopic (exact) mass is 380 g/mol. The fourth-order valence-electron chi connectivity index (χ4n) is 2.86. The molecule has 0 atom stereocenters. The zero-order chi connectivity index (χ0) is 19.6. The van der Waals surface area contributed by atoms with E-state index >= 15 is 0 Å². The molecule has 0 radical (unpaired) electrons. The number of rotatable bonds is 5. The van der Waals surface area contributed by atoms with Gasteiger partial charge in [0.1, 0.15) is 0 Å². The Labute approximate surface area is 163 Å². The first-order chi connectivity index (χ1) is 12.9. The number of hydrogen-bond acceptors (Lipinski definition) is 5. The first kappa shape index (κ1) is 19.0. The van der Waals surface area contributed by atoms with Crippen molar-refractivity contribution in [2.24, 2.45) is 5.10 Å². The number of carbonyl (C=O) groups excluding carboxylic acids is 1. The van der Waals surface area contributed by atoms with Crippen molar-refractivity contribution >= 4 is 44.0 Å². The lowest BCUT2D eigenvalue weighted by molar-refractivity contribution is 0.102. The third-order valence-corrected chi connectivity index (χ3v) is 5.45. The number of benzene rings is 2. The number of nitrogens with one attached hydrogen (secondary N) is 2. The molecule has 5 nitrogen and oxygen atoms in total. The molecule has 6 heteroatoms. The van der Waals surface area contributed by atoms with Gasteiger partial charge in [-0.3, -0.25) is 10.2 Å². The Balaban J connectivity index is 1.91. The molecule has 0 aliphatic heterocycles. The van der Waals surface area contributed by atoms with Crippen LogP contribution in [0.4, 0.5) is 10.8 Å². The molecule has 2 N–H and O–H groups in total. The van der Waals surface area contributed by atoms with E-state index in [1.54, 1.807) is 0 Å². The van der Waals surface area contributed by atoms with Gasteiger partial charge < -0.3 is 5.32 Å². The highest BCUT2D eigenvalue weighted by atomic mass is 32.1. The van der Waals surface area contributed by atoms with Crippen molar-refractivity contribution in [3.63, 3.8) is 0 Å². The van der Waals surface area contributed by atoms with Crippen molar-refractivity contribution in [3.8, 4) is 0 Å². The van der Waals surface area contributed by atoms with Gasteiger partial charge in [-0.15, -0.1) is 0 Å². The van der Waals surface area contributed by atoms with E-state index < -0.39 is 0 Å². The summed E-state index contributed by atoms with van der Waals surface area (Å²) in [5.74, 6) is -0.0997. The predicted octanol–water partition coefficient (Wildman–Crippen LogP) is 5.54. The number of anilines is 2. The van der Waals surface area contributed by atoms with Crippen molar-refractivity contribution in [1.82, 2.24) is 4.98 Å². The molecule has 0 aliphatic carbocycles. The van der Waals surface area contributed by atoms with Crippen LogP contribution in [0.25, 0.3) is 10.2 Å². The third kappa shape index (κ3) is 4.17. The summed E-state index contributed by atoms with van der Waals surface area (Å²) in [5.41, 5.74) is 9.56. The second-order valence-electron chi connectivity index (χ2n) is 6.74. The number of fused-ring (bicyclic) bond motifs is 1. The Morgan fingerprint density at radius 2 is 1.89 bits per heavy atom. The van der Waals surface area contributed by atoms with E-state index in [2.05, 4.69) is 27.8 Å². The maximum Gasteiger partial charge on any atom is 0.255 e. The van der Waals surface area contributed by atoms with Gasteiger partial charge >= 0.3 is 0 Å². The van der Waals surface area contributed by atoms with Gasteiger partial charge in [0.25, 0.3) is 5.91 Å². The first-order valence-electron chi connectivity index (χ1n) is 8.97. The highest BCUT2D eigenvalue weighted by Crippen LogP contribution is 2.35. The number of aryl methyl sites for hydroxylation is 3. The van der Waals surface area contributed by atoms with Gasteiger partial charge in [-0.1, -0.05) is 30.4 Å². The fourth-order valence-corrected chi connectivity index (χ4v) is 3.76. The molecular formula is C21H24N4OS. The number of amides is 1. The molecule has 0 saturated heterocycles. The van der Waals surface area contributed by atoms with Gasteiger partial charge in [0, 0.05) is 17.0 Å². The predicted molar refractivity (Wildman–Crippen MR) is 115 cm³/mol. The Bertz CT molecular complexity index is 1010. The molecule has 0 saturated carbocycles. The van der Waals surface area contributed by atoms with Gasteiger partial charge in [0.15, 0.2) is 0 Å². The highest BCUT2D eigenvalue weighted by molar-refractivity contribution is 7.22. The Kier molecular flexibility index (Phi) is 5.56. The Morgan fingerprint density at radius 3 is 2.52 bits per heavy atom. The summed E-state index contributed by atoms with van der Waals surface area (Å²) in [6.45, 7) is 9.96. The van der Waals surface area contributed by atoms with E-state index in [1.807, 2.05) is 58.0 Å². The lowest BCUT2D eigenvalue weighted by atomic mass is 10.1. The van der Waals surface area contributed by atoms with Crippen molar-refractivity contribution in [2.75, 3.05) is 10.7 Å². The molecule has 3 aromatic rings. The first-order valence-corrected chi connectivity index (χ1v) is 9.78. The number of thiazole rings is 1. The van der Waals surface area contributed by atoms with Gasteiger partial charge in [0.2, 0.25) is 5.13 Å². The van der Waals surface area contributed by atoms with Gasteiger partial charge in [-0.25, -0.2) is 4.98 Å². The lowest BCUT2D eigenvalue weighted by Gasteiger charge is -2.12. The van der Waals surface area contributed by atoms with E-state index in [4.69, 9.17) is 0 Å². The van der Waals surface area contributed by atoms with E-state index in [0.717, 1.165) is 44.3 Å². The molecule has 2 aromatic carbocycles. The summed E-state index contributed by atoms with van der Waals surface area (Å²) >= 11 is 1.54. The Hall–Kier alpha value is -2.73. The van der Waals surface area contributed by atoms with Gasteiger partial charge in [-0.05, 0) is 69.0 Å². The van der Waals surface area contributed by atoms with Crippen LogP contribution in [0.15, 0.2) is 35.4 Å². The van der Waals surface area contributed by atoms with Crippen molar-refractivity contribution in [1.29, 1.82) is 0 Å². The summed E-state index contributed by atoms with van der Waals surface area (Å²) in [7, 11) is 0. The van der Waals surface area contributed by atoms with Crippen molar-refractivity contribution in [2.45, 2.75) is 41.0 Å². The number of nitrogens with zero attached hydrogens (tertiary/aromatic N) is 2. The molecule has 1 amide bonds. The zero-order valence-electron chi connectivity index (χ0n) is 16.3. The van der Waals surface area contributed by atoms with Crippen LogP contribution >= 0.6 is 11.3 Å². The average molecular weight is 381 g/mol. The van der Waals surface area contributed by atoms with Gasteiger partial charge in [-0.2, -0.15) is 5.10 Å². The summed E-state index contributed by atoms with van der Waals surface area (Å²) < 4.78 is 1.05. The minimum Gasteiger partial charge on any atom is -0.321 e. The van der Waals surface area contributed by atoms with Crippen LogP contribution in [0.5, 0.6) is 0 Å². The Morgan fingerprint density at radius 1 is 1.19 bits per heavy atom. The maximum atomic E-state index is 12.7. The topological polar surface area (TPSA) is 66.4 Å². The van der Waals surface area contributed by atoms with Crippen LogP contribution in [0.1, 0.15) is 47.8 Å². The van der Waals surface area contributed by atoms with Crippen LogP contribution in [0.2, 0.25) is 0 Å². The van der Waals surface area contributed by atoms with E-state index in [9.17, 15) is 4.79 Å². The van der Waals surface area contributed by atoms with E-state index in [1.165, 1.54) is 16.9 Å².